The number of amides is 1. The van der Waals surface area contributed by atoms with Crippen molar-refractivity contribution in [2.75, 3.05) is 23.3 Å². The zero-order valence-electron chi connectivity index (χ0n) is 13.5. The molecule has 2 aromatic heterocycles. The summed E-state index contributed by atoms with van der Waals surface area (Å²) in [6.07, 6.45) is 6.67. The third-order valence-corrected chi connectivity index (χ3v) is 4.09. The Balaban J connectivity index is 1.53. The zero-order valence-corrected chi connectivity index (χ0v) is 13.5. The van der Waals surface area contributed by atoms with Crippen molar-refractivity contribution in [3.63, 3.8) is 0 Å². The van der Waals surface area contributed by atoms with Gasteiger partial charge in [0.2, 0.25) is 11.9 Å². The maximum atomic E-state index is 12.0. The van der Waals surface area contributed by atoms with Gasteiger partial charge in [-0.2, -0.15) is 0 Å². The van der Waals surface area contributed by atoms with Crippen molar-refractivity contribution in [1.82, 2.24) is 15.1 Å². The largest absolute Gasteiger partial charge is 0.361 e. The standard InChI is InChI=1S/C16H21N5O2/c1-11-14(12(2)23-20-11)5-6-15(22)19-13-9-17-16(18-10-13)21-7-3-4-8-21/h9-10H,3-8H2,1-2H3,(H,19,22). The molecule has 0 saturated carbocycles. The molecule has 0 bridgehead atoms. The molecule has 0 aliphatic carbocycles. The summed E-state index contributed by atoms with van der Waals surface area (Å²) in [5.74, 6) is 1.44. The van der Waals surface area contributed by atoms with E-state index >= 15 is 0 Å². The Morgan fingerprint density at radius 3 is 2.57 bits per heavy atom. The van der Waals surface area contributed by atoms with Crippen LogP contribution in [0.15, 0.2) is 16.9 Å². The van der Waals surface area contributed by atoms with Gasteiger partial charge in [0.05, 0.1) is 23.8 Å². The average molecular weight is 315 g/mol. The molecule has 1 saturated heterocycles. The molecule has 23 heavy (non-hydrogen) atoms. The lowest BCUT2D eigenvalue weighted by Crippen LogP contribution is -2.20. The average Bonchev–Trinajstić information content (AvgIpc) is 3.17. The van der Waals surface area contributed by atoms with Gasteiger partial charge in [0, 0.05) is 25.1 Å². The molecule has 1 amide bonds. The van der Waals surface area contributed by atoms with Gasteiger partial charge in [-0.25, -0.2) is 9.97 Å². The maximum absolute atomic E-state index is 12.0. The summed E-state index contributed by atoms with van der Waals surface area (Å²) in [6.45, 7) is 5.75. The summed E-state index contributed by atoms with van der Waals surface area (Å²) in [5.41, 5.74) is 2.46. The monoisotopic (exact) mass is 315 g/mol. The van der Waals surface area contributed by atoms with E-state index in [1.54, 1.807) is 12.4 Å². The third-order valence-electron chi connectivity index (χ3n) is 4.09. The molecule has 0 radical (unpaired) electrons. The highest BCUT2D eigenvalue weighted by molar-refractivity contribution is 5.90. The number of aryl methyl sites for hydroxylation is 2. The van der Waals surface area contributed by atoms with Gasteiger partial charge in [-0.3, -0.25) is 4.79 Å². The van der Waals surface area contributed by atoms with Crippen LogP contribution in [0.25, 0.3) is 0 Å². The molecule has 3 rings (SSSR count). The van der Waals surface area contributed by atoms with Crippen LogP contribution in [0.1, 0.15) is 36.3 Å². The smallest absolute Gasteiger partial charge is 0.225 e. The van der Waals surface area contributed by atoms with Crippen LogP contribution in [0.2, 0.25) is 0 Å². The zero-order chi connectivity index (χ0) is 16.2. The van der Waals surface area contributed by atoms with Crippen LogP contribution in [0, 0.1) is 13.8 Å². The molecule has 0 atom stereocenters. The van der Waals surface area contributed by atoms with Gasteiger partial charge < -0.3 is 14.7 Å². The first kappa shape index (κ1) is 15.5. The molecule has 1 aliphatic rings. The lowest BCUT2D eigenvalue weighted by molar-refractivity contribution is -0.116. The predicted molar refractivity (Wildman–Crippen MR) is 86.4 cm³/mol. The summed E-state index contributed by atoms with van der Waals surface area (Å²) in [6, 6.07) is 0. The molecule has 7 nitrogen and oxygen atoms in total. The summed E-state index contributed by atoms with van der Waals surface area (Å²) < 4.78 is 5.10. The van der Waals surface area contributed by atoms with Gasteiger partial charge in [-0.15, -0.1) is 0 Å². The first-order chi connectivity index (χ1) is 11.1. The topological polar surface area (TPSA) is 84.2 Å². The quantitative estimate of drug-likeness (QED) is 0.911. The van der Waals surface area contributed by atoms with E-state index in [9.17, 15) is 4.79 Å². The highest BCUT2D eigenvalue weighted by atomic mass is 16.5. The SMILES string of the molecule is Cc1noc(C)c1CCC(=O)Nc1cnc(N2CCCC2)nc1. The second-order valence-electron chi connectivity index (χ2n) is 5.82. The van der Waals surface area contributed by atoms with E-state index in [2.05, 4.69) is 25.3 Å². The van der Waals surface area contributed by atoms with Crippen molar-refractivity contribution in [3.8, 4) is 0 Å². The molecule has 0 unspecified atom stereocenters. The van der Waals surface area contributed by atoms with Crippen LogP contribution in [0.5, 0.6) is 0 Å². The first-order valence-corrected chi connectivity index (χ1v) is 7.92. The van der Waals surface area contributed by atoms with Gasteiger partial charge >= 0.3 is 0 Å². The summed E-state index contributed by atoms with van der Waals surface area (Å²) in [5, 5.41) is 6.72. The fraction of sp³-hybridized carbons (Fsp3) is 0.500. The Morgan fingerprint density at radius 1 is 1.26 bits per heavy atom. The maximum Gasteiger partial charge on any atom is 0.225 e. The van der Waals surface area contributed by atoms with E-state index in [4.69, 9.17) is 4.52 Å². The Bertz CT molecular complexity index is 655. The number of nitrogens with one attached hydrogen (secondary N) is 1. The number of carbonyl (C=O) groups is 1. The highest BCUT2D eigenvalue weighted by Crippen LogP contribution is 2.17. The molecular weight excluding hydrogens is 294 g/mol. The van der Waals surface area contributed by atoms with Crippen molar-refractivity contribution >= 4 is 17.5 Å². The summed E-state index contributed by atoms with van der Waals surface area (Å²) in [7, 11) is 0. The lowest BCUT2D eigenvalue weighted by atomic mass is 10.1. The molecule has 0 spiro atoms. The van der Waals surface area contributed by atoms with E-state index in [0.717, 1.165) is 36.1 Å². The number of carbonyl (C=O) groups excluding carboxylic acids is 1. The van der Waals surface area contributed by atoms with Crippen molar-refractivity contribution in [2.45, 2.75) is 39.5 Å². The van der Waals surface area contributed by atoms with Gasteiger partial charge in [0.25, 0.3) is 0 Å². The molecule has 122 valence electrons. The van der Waals surface area contributed by atoms with Crippen molar-refractivity contribution in [1.29, 1.82) is 0 Å². The van der Waals surface area contributed by atoms with Crippen LogP contribution in [-0.4, -0.2) is 34.1 Å². The molecule has 2 aromatic rings. The van der Waals surface area contributed by atoms with Gasteiger partial charge in [0.1, 0.15) is 5.76 Å². The predicted octanol–water partition coefficient (Wildman–Crippen LogP) is 2.25. The van der Waals surface area contributed by atoms with E-state index in [1.807, 2.05) is 13.8 Å². The molecule has 3 heterocycles. The van der Waals surface area contributed by atoms with Crippen molar-refractivity contribution in [3.05, 3.63) is 29.4 Å². The Morgan fingerprint density at radius 2 is 1.96 bits per heavy atom. The fourth-order valence-electron chi connectivity index (χ4n) is 2.79. The molecular formula is C16H21N5O2. The second kappa shape index (κ2) is 6.76. The van der Waals surface area contributed by atoms with E-state index in [0.29, 0.717) is 18.5 Å². The van der Waals surface area contributed by atoms with E-state index in [1.165, 1.54) is 12.8 Å². The van der Waals surface area contributed by atoms with Gasteiger partial charge in [-0.05, 0) is 33.1 Å². The Hall–Kier alpha value is -2.44. The van der Waals surface area contributed by atoms with Crippen LogP contribution in [0.4, 0.5) is 11.6 Å². The number of aromatic nitrogens is 3. The minimum absolute atomic E-state index is 0.0671. The summed E-state index contributed by atoms with van der Waals surface area (Å²) in [4.78, 5) is 22.9. The fourth-order valence-corrected chi connectivity index (χ4v) is 2.79. The van der Waals surface area contributed by atoms with Gasteiger partial charge in [0.15, 0.2) is 0 Å². The third kappa shape index (κ3) is 3.67. The van der Waals surface area contributed by atoms with Crippen LogP contribution in [-0.2, 0) is 11.2 Å². The number of nitrogens with zero attached hydrogens (tertiary/aromatic N) is 4. The first-order valence-electron chi connectivity index (χ1n) is 7.92. The Kier molecular flexibility index (Phi) is 4.55. The number of hydrogen-bond donors (Lipinski definition) is 1. The lowest BCUT2D eigenvalue weighted by Gasteiger charge is -2.14. The molecule has 1 N–H and O–H groups in total. The second-order valence-corrected chi connectivity index (χ2v) is 5.82. The van der Waals surface area contributed by atoms with Crippen LogP contribution < -0.4 is 10.2 Å². The van der Waals surface area contributed by atoms with Crippen LogP contribution in [0.3, 0.4) is 0 Å². The number of rotatable bonds is 5. The normalized spacial score (nSPS) is 14.3. The highest BCUT2D eigenvalue weighted by Gasteiger charge is 2.15. The minimum atomic E-state index is -0.0671. The van der Waals surface area contributed by atoms with Crippen LogP contribution >= 0.6 is 0 Å². The molecule has 1 aliphatic heterocycles. The molecule has 1 fully saturated rings. The Labute approximate surface area is 135 Å². The van der Waals surface area contributed by atoms with Crippen molar-refractivity contribution in [2.24, 2.45) is 0 Å². The molecule has 0 aromatic carbocycles. The van der Waals surface area contributed by atoms with E-state index in [-0.39, 0.29) is 5.91 Å². The number of hydrogen-bond acceptors (Lipinski definition) is 6. The molecule has 7 heteroatoms. The number of anilines is 2. The summed E-state index contributed by atoms with van der Waals surface area (Å²) >= 11 is 0. The van der Waals surface area contributed by atoms with Gasteiger partial charge in [-0.1, -0.05) is 5.16 Å². The van der Waals surface area contributed by atoms with Crippen molar-refractivity contribution < 1.29 is 9.32 Å². The minimum Gasteiger partial charge on any atom is -0.361 e. The van der Waals surface area contributed by atoms with E-state index < -0.39 is 0 Å².